The molecule has 2 heterocycles. The van der Waals surface area contributed by atoms with Crippen LogP contribution in [0.3, 0.4) is 0 Å². The Morgan fingerprint density at radius 3 is 2.53 bits per heavy atom. The van der Waals surface area contributed by atoms with Crippen molar-refractivity contribution >= 4 is 23.6 Å². The number of nitrogens with zero attached hydrogens (tertiary/aromatic N) is 2. The number of carboxylic acids is 1. The number of furan rings is 1. The maximum Gasteiger partial charge on any atom is 0.312 e. The molecule has 2 amide bonds. The molecule has 0 bridgehead atoms. The van der Waals surface area contributed by atoms with Gasteiger partial charge < -0.3 is 29.8 Å². The van der Waals surface area contributed by atoms with Crippen LogP contribution in [0.15, 0.2) is 47.3 Å². The van der Waals surface area contributed by atoms with Gasteiger partial charge in [-0.15, -0.1) is 0 Å². The third-order valence-corrected chi connectivity index (χ3v) is 5.27. The van der Waals surface area contributed by atoms with Crippen LogP contribution < -0.4 is 10.5 Å². The van der Waals surface area contributed by atoms with E-state index in [2.05, 4.69) is 0 Å². The molecule has 1 atom stereocenters. The standard InChI is InChI=1S/C22H26N4O6/c23-20(24)15-3-5-17(6-4-15)32-11-2-1-8-25-9-10-26(22(30)21(25)29)18(13-19(27)28)16-7-12-31-14-16/h3-7,12,14,18H,1-2,8-11,13H2,(H3,23,24)(H,27,28). The monoisotopic (exact) mass is 442 g/mol. The number of amidine groups is 1. The second-order valence-corrected chi connectivity index (χ2v) is 7.45. The third-order valence-electron chi connectivity index (χ3n) is 5.27. The quantitative estimate of drug-likeness (QED) is 0.207. The molecular formula is C22H26N4O6. The zero-order chi connectivity index (χ0) is 23.1. The molecule has 1 fully saturated rings. The van der Waals surface area contributed by atoms with E-state index in [-0.39, 0.29) is 18.8 Å². The minimum atomic E-state index is -1.06. The fourth-order valence-electron chi connectivity index (χ4n) is 3.56. The number of unbranched alkanes of at least 4 members (excludes halogenated alkanes) is 1. The number of hydrogen-bond acceptors (Lipinski definition) is 6. The van der Waals surface area contributed by atoms with Crippen molar-refractivity contribution in [3.8, 4) is 5.75 Å². The van der Waals surface area contributed by atoms with Crippen LogP contribution in [0.2, 0.25) is 0 Å². The molecule has 0 spiro atoms. The summed E-state index contributed by atoms with van der Waals surface area (Å²) >= 11 is 0. The predicted molar refractivity (Wildman–Crippen MR) is 114 cm³/mol. The topological polar surface area (TPSA) is 150 Å². The predicted octanol–water partition coefficient (Wildman–Crippen LogP) is 1.61. The minimum absolute atomic E-state index is 0.00471. The second-order valence-electron chi connectivity index (χ2n) is 7.45. The highest BCUT2D eigenvalue weighted by atomic mass is 16.5. The lowest BCUT2D eigenvalue weighted by Crippen LogP contribution is -2.55. The van der Waals surface area contributed by atoms with Crippen LogP contribution in [-0.2, 0) is 14.4 Å². The number of hydrogen-bond donors (Lipinski definition) is 3. The van der Waals surface area contributed by atoms with Gasteiger partial charge in [-0.3, -0.25) is 19.8 Å². The van der Waals surface area contributed by atoms with Gasteiger partial charge in [0.05, 0.1) is 31.6 Å². The van der Waals surface area contributed by atoms with Crippen molar-refractivity contribution in [2.24, 2.45) is 5.73 Å². The molecule has 170 valence electrons. The molecule has 1 aromatic carbocycles. The van der Waals surface area contributed by atoms with Crippen LogP contribution in [0.4, 0.5) is 0 Å². The third kappa shape index (κ3) is 5.65. The highest BCUT2D eigenvalue weighted by Crippen LogP contribution is 2.27. The van der Waals surface area contributed by atoms with E-state index in [1.807, 2.05) is 0 Å². The first-order valence-electron chi connectivity index (χ1n) is 10.3. The zero-order valence-corrected chi connectivity index (χ0v) is 17.5. The van der Waals surface area contributed by atoms with Gasteiger partial charge in [0, 0.05) is 30.8 Å². The fraction of sp³-hybridized carbons (Fsp3) is 0.364. The van der Waals surface area contributed by atoms with Gasteiger partial charge in [0.15, 0.2) is 0 Å². The van der Waals surface area contributed by atoms with Gasteiger partial charge in [0.1, 0.15) is 11.6 Å². The Morgan fingerprint density at radius 2 is 1.91 bits per heavy atom. The summed E-state index contributed by atoms with van der Waals surface area (Å²) in [7, 11) is 0. The number of carbonyl (C=O) groups is 3. The Labute approximate surface area is 185 Å². The normalized spacial score (nSPS) is 15.0. The van der Waals surface area contributed by atoms with E-state index in [1.165, 1.54) is 22.3 Å². The van der Waals surface area contributed by atoms with Crippen LogP contribution in [0.25, 0.3) is 0 Å². The Balaban J connectivity index is 1.46. The summed E-state index contributed by atoms with van der Waals surface area (Å²) in [5, 5.41) is 16.6. The molecule has 0 saturated carbocycles. The van der Waals surface area contributed by atoms with Crippen molar-refractivity contribution in [1.82, 2.24) is 9.80 Å². The van der Waals surface area contributed by atoms with Gasteiger partial charge in [-0.2, -0.15) is 0 Å². The number of carboxylic acid groups (broad SMARTS) is 1. The van der Waals surface area contributed by atoms with Gasteiger partial charge in [-0.25, -0.2) is 0 Å². The highest BCUT2D eigenvalue weighted by Gasteiger charge is 2.37. The summed E-state index contributed by atoms with van der Waals surface area (Å²) in [4.78, 5) is 39.3. The van der Waals surface area contributed by atoms with Crippen LogP contribution in [0.1, 0.15) is 36.4 Å². The Kier molecular flexibility index (Phi) is 7.48. The number of rotatable bonds is 11. The number of ether oxygens (including phenoxy) is 1. The lowest BCUT2D eigenvalue weighted by atomic mass is 10.0. The summed E-state index contributed by atoms with van der Waals surface area (Å²) < 4.78 is 10.7. The molecule has 1 saturated heterocycles. The summed E-state index contributed by atoms with van der Waals surface area (Å²) in [6.07, 6.45) is 3.85. The van der Waals surface area contributed by atoms with Crippen molar-refractivity contribution in [1.29, 1.82) is 5.41 Å². The molecule has 0 radical (unpaired) electrons. The van der Waals surface area contributed by atoms with Crippen molar-refractivity contribution in [2.75, 3.05) is 26.2 Å². The van der Waals surface area contributed by atoms with E-state index in [0.717, 1.165) is 0 Å². The Morgan fingerprint density at radius 1 is 1.16 bits per heavy atom. The first-order chi connectivity index (χ1) is 15.4. The van der Waals surface area contributed by atoms with Gasteiger partial charge in [-0.05, 0) is 43.2 Å². The van der Waals surface area contributed by atoms with E-state index in [1.54, 1.807) is 30.3 Å². The molecule has 1 aromatic heterocycles. The lowest BCUT2D eigenvalue weighted by molar-refractivity contribution is -0.159. The maximum absolute atomic E-state index is 12.7. The first kappa shape index (κ1) is 22.9. The molecule has 3 rings (SSSR count). The Hall–Kier alpha value is -3.82. The minimum Gasteiger partial charge on any atom is -0.494 e. The average molecular weight is 442 g/mol. The zero-order valence-electron chi connectivity index (χ0n) is 17.5. The van der Waals surface area contributed by atoms with Gasteiger partial charge in [-0.1, -0.05) is 0 Å². The van der Waals surface area contributed by atoms with Crippen molar-refractivity contribution in [3.63, 3.8) is 0 Å². The van der Waals surface area contributed by atoms with Crippen LogP contribution in [-0.4, -0.2) is 64.8 Å². The number of benzene rings is 1. The molecule has 32 heavy (non-hydrogen) atoms. The lowest BCUT2D eigenvalue weighted by Gasteiger charge is -2.37. The number of piperazine rings is 1. The van der Waals surface area contributed by atoms with Gasteiger partial charge in [0.25, 0.3) is 0 Å². The van der Waals surface area contributed by atoms with Crippen LogP contribution in [0.5, 0.6) is 5.75 Å². The molecule has 10 heteroatoms. The number of nitrogen functional groups attached to an aromatic ring is 1. The van der Waals surface area contributed by atoms with Gasteiger partial charge >= 0.3 is 17.8 Å². The van der Waals surface area contributed by atoms with Crippen LogP contribution >= 0.6 is 0 Å². The Bertz CT molecular complexity index is 957. The molecule has 10 nitrogen and oxygen atoms in total. The maximum atomic E-state index is 12.7. The summed E-state index contributed by atoms with van der Waals surface area (Å²) in [5.74, 6) is -1.73. The largest absolute Gasteiger partial charge is 0.494 e. The highest BCUT2D eigenvalue weighted by molar-refractivity contribution is 6.35. The first-order valence-corrected chi connectivity index (χ1v) is 10.3. The smallest absolute Gasteiger partial charge is 0.312 e. The molecule has 1 aliphatic heterocycles. The second kappa shape index (κ2) is 10.5. The SMILES string of the molecule is N=C(N)c1ccc(OCCCCN2CCN(C(CC(=O)O)c3ccoc3)C(=O)C2=O)cc1. The average Bonchev–Trinajstić information content (AvgIpc) is 3.30. The van der Waals surface area contributed by atoms with E-state index in [0.29, 0.717) is 49.4 Å². The molecule has 0 aliphatic carbocycles. The molecular weight excluding hydrogens is 416 g/mol. The fourth-order valence-corrected chi connectivity index (χ4v) is 3.56. The van der Waals surface area contributed by atoms with Crippen molar-refractivity contribution < 1.29 is 28.6 Å². The number of aliphatic carboxylic acids is 1. The number of nitrogens with one attached hydrogen (secondary N) is 1. The molecule has 1 aliphatic rings. The molecule has 2 aromatic rings. The summed E-state index contributed by atoms with van der Waals surface area (Å²) in [5.41, 5.74) is 6.59. The van der Waals surface area contributed by atoms with E-state index in [9.17, 15) is 19.5 Å². The van der Waals surface area contributed by atoms with Crippen LogP contribution in [0, 0.1) is 5.41 Å². The van der Waals surface area contributed by atoms with Gasteiger partial charge in [0.2, 0.25) is 0 Å². The number of amides is 2. The van der Waals surface area contributed by atoms with E-state index >= 15 is 0 Å². The van der Waals surface area contributed by atoms with E-state index < -0.39 is 23.8 Å². The van der Waals surface area contributed by atoms with Crippen molar-refractivity contribution in [3.05, 3.63) is 54.0 Å². The summed E-state index contributed by atoms with van der Waals surface area (Å²) in [6, 6.07) is 7.76. The number of carbonyl (C=O) groups excluding carboxylic acids is 2. The van der Waals surface area contributed by atoms with Crippen molar-refractivity contribution in [2.45, 2.75) is 25.3 Å². The summed E-state index contributed by atoms with van der Waals surface area (Å²) in [6.45, 7) is 1.46. The molecule has 4 N–H and O–H groups in total. The van der Waals surface area contributed by atoms with E-state index in [4.69, 9.17) is 20.3 Å². The number of nitrogens with two attached hydrogens (primary N) is 1. The molecule has 1 unspecified atom stereocenters.